The van der Waals surface area contributed by atoms with Crippen LogP contribution < -0.4 is 5.32 Å². The maximum Gasteiger partial charge on any atom is 0.242 e. The predicted octanol–water partition coefficient (Wildman–Crippen LogP) is 5.13. The molecular formula is C21H23Cl3N2O2. The Labute approximate surface area is 180 Å². The summed E-state index contributed by atoms with van der Waals surface area (Å²) in [4.78, 5) is 27.1. The van der Waals surface area contributed by atoms with E-state index >= 15 is 0 Å². The molecule has 2 aromatic carbocycles. The average molecular weight is 442 g/mol. The highest BCUT2D eigenvalue weighted by Crippen LogP contribution is 2.24. The van der Waals surface area contributed by atoms with Crippen LogP contribution in [-0.2, 0) is 22.6 Å². The van der Waals surface area contributed by atoms with Gasteiger partial charge in [0.25, 0.3) is 0 Å². The molecule has 0 aromatic heterocycles. The van der Waals surface area contributed by atoms with E-state index in [0.29, 0.717) is 21.6 Å². The van der Waals surface area contributed by atoms with Crippen LogP contribution in [0.3, 0.4) is 0 Å². The van der Waals surface area contributed by atoms with E-state index in [4.69, 9.17) is 34.8 Å². The van der Waals surface area contributed by atoms with Gasteiger partial charge in [0.05, 0.1) is 16.5 Å². The van der Waals surface area contributed by atoms with Gasteiger partial charge < -0.3 is 10.2 Å². The monoisotopic (exact) mass is 440 g/mol. The van der Waals surface area contributed by atoms with E-state index in [-0.39, 0.29) is 24.8 Å². The van der Waals surface area contributed by atoms with Gasteiger partial charge >= 0.3 is 0 Å². The van der Waals surface area contributed by atoms with Crippen molar-refractivity contribution < 1.29 is 9.59 Å². The summed E-state index contributed by atoms with van der Waals surface area (Å²) in [7, 11) is 0. The van der Waals surface area contributed by atoms with Gasteiger partial charge in [0.2, 0.25) is 11.8 Å². The average Bonchev–Trinajstić information content (AvgIpc) is 2.68. The Morgan fingerprint density at radius 3 is 2.39 bits per heavy atom. The van der Waals surface area contributed by atoms with Gasteiger partial charge in [-0.05, 0) is 42.7 Å². The van der Waals surface area contributed by atoms with Gasteiger partial charge in [0.1, 0.15) is 6.04 Å². The molecule has 0 aliphatic heterocycles. The lowest BCUT2D eigenvalue weighted by atomic mass is 10.1. The normalized spacial score (nSPS) is 11.8. The third kappa shape index (κ3) is 6.13. The number of benzene rings is 2. The van der Waals surface area contributed by atoms with Crippen molar-refractivity contribution in [2.24, 2.45) is 0 Å². The fourth-order valence-electron chi connectivity index (χ4n) is 2.72. The second-order valence-corrected chi connectivity index (χ2v) is 7.73. The Hall–Kier alpha value is -1.75. The molecule has 7 heteroatoms. The molecule has 1 atom stereocenters. The first kappa shape index (κ1) is 22.5. The quantitative estimate of drug-likeness (QED) is 0.617. The van der Waals surface area contributed by atoms with Crippen molar-refractivity contribution in [3.8, 4) is 0 Å². The van der Waals surface area contributed by atoms with Crippen LogP contribution in [0.15, 0.2) is 42.5 Å². The van der Waals surface area contributed by atoms with Gasteiger partial charge in [-0.1, -0.05) is 66.0 Å². The maximum absolute atomic E-state index is 13.1. The van der Waals surface area contributed by atoms with Crippen molar-refractivity contribution in [3.63, 3.8) is 0 Å². The van der Waals surface area contributed by atoms with Crippen LogP contribution >= 0.6 is 34.8 Å². The van der Waals surface area contributed by atoms with Crippen LogP contribution in [-0.4, -0.2) is 29.3 Å². The van der Waals surface area contributed by atoms with Gasteiger partial charge in [-0.25, -0.2) is 0 Å². The van der Waals surface area contributed by atoms with Gasteiger partial charge in [-0.15, -0.1) is 0 Å². The molecule has 0 fully saturated rings. The van der Waals surface area contributed by atoms with Gasteiger partial charge in [-0.3, -0.25) is 9.59 Å². The van der Waals surface area contributed by atoms with Gasteiger partial charge in [0.15, 0.2) is 0 Å². The van der Waals surface area contributed by atoms with Gasteiger partial charge in [-0.2, -0.15) is 0 Å². The van der Waals surface area contributed by atoms with E-state index in [2.05, 4.69) is 5.32 Å². The van der Waals surface area contributed by atoms with Gasteiger partial charge in [0, 0.05) is 18.1 Å². The van der Waals surface area contributed by atoms with E-state index in [9.17, 15) is 9.59 Å². The zero-order valence-corrected chi connectivity index (χ0v) is 18.1. The van der Waals surface area contributed by atoms with E-state index < -0.39 is 6.04 Å². The second kappa shape index (κ2) is 10.7. The Morgan fingerprint density at radius 1 is 1.04 bits per heavy atom. The van der Waals surface area contributed by atoms with Crippen molar-refractivity contribution in [1.29, 1.82) is 0 Å². The van der Waals surface area contributed by atoms with Crippen LogP contribution in [0.1, 0.15) is 31.4 Å². The van der Waals surface area contributed by atoms with E-state index in [0.717, 1.165) is 17.5 Å². The Kier molecular flexibility index (Phi) is 8.61. The first-order valence-electron chi connectivity index (χ1n) is 9.08. The minimum absolute atomic E-state index is 0.104. The molecule has 0 saturated carbocycles. The fourth-order valence-corrected chi connectivity index (χ4v) is 3.24. The molecule has 1 N–H and O–H groups in total. The lowest BCUT2D eigenvalue weighted by molar-refractivity contribution is -0.140. The molecule has 150 valence electrons. The number of carbonyl (C=O) groups is 2. The summed E-state index contributed by atoms with van der Waals surface area (Å²) in [5.74, 6) is -0.396. The SMILES string of the molecule is CCCNC(=O)C(C)N(Cc1ccc(Cl)c(Cl)c1)C(=O)Cc1ccccc1Cl. The largest absolute Gasteiger partial charge is 0.354 e. The first-order chi connectivity index (χ1) is 13.3. The highest BCUT2D eigenvalue weighted by Gasteiger charge is 2.26. The van der Waals surface area contributed by atoms with Crippen LogP contribution in [0.25, 0.3) is 0 Å². The molecule has 0 aliphatic carbocycles. The van der Waals surface area contributed by atoms with Crippen molar-refractivity contribution in [2.75, 3.05) is 6.54 Å². The highest BCUT2D eigenvalue weighted by molar-refractivity contribution is 6.42. The molecule has 0 spiro atoms. The number of nitrogens with zero attached hydrogens (tertiary/aromatic N) is 1. The molecule has 0 aliphatic rings. The van der Waals surface area contributed by atoms with Crippen LogP contribution in [0.4, 0.5) is 0 Å². The summed E-state index contributed by atoms with van der Waals surface area (Å²) < 4.78 is 0. The minimum Gasteiger partial charge on any atom is -0.354 e. The standard InChI is InChI=1S/C21H23Cl3N2O2/c1-3-10-25-21(28)14(2)26(13-15-8-9-18(23)19(24)11-15)20(27)12-16-6-4-5-7-17(16)22/h4-9,11,14H,3,10,12-13H2,1-2H3,(H,25,28). The van der Waals surface area contributed by atoms with E-state index in [1.807, 2.05) is 19.1 Å². The number of halogens is 3. The number of carbonyl (C=O) groups excluding carboxylic acids is 2. The molecule has 4 nitrogen and oxygen atoms in total. The van der Waals surface area contributed by atoms with Crippen molar-refractivity contribution in [2.45, 2.75) is 39.3 Å². The Bertz CT molecular complexity index is 842. The molecule has 0 saturated heterocycles. The summed E-state index contributed by atoms with van der Waals surface area (Å²) in [6, 6.07) is 11.7. The zero-order chi connectivity index (χ0) is 20.7. The molecular weight excluding hydrogens is 419 g/mol. The van der Waals surface area contributed by atoms with E-state index in [1.165, 1.54) is 4.90 Å². The third-order valence-corrected chi connectivity index (χ3v) is 5.46. The summed E-state index contributed by atoms with van der Waals surface area (Å²) in [5.41, 5.74) is 1.51. The number of amides is 2. The zero-order valence-electron chi connectivity index (χ0n) is 15.8. The highest BCUT2D eigenvalue weighted by atomic mass is 35.5. The Balaban J connectivity index is 2.26. The second-order valence-electron chi connectivity index (χ2n) is 6.51. The molecule has 0 bridgehead atoms. The van der Waals surface area contributed by atoms with Crippen LogP contribution in [0, 0.1) is 0 Å². The third-order valence-electron chi connectivity index (χ3n) is 4.35. The lowest BCUT2D eigenvalue weighted by Gasteiger charge is -2.29. The lowest BCUT2D eigenvalue weighted by Crippen LogP contribution is -2.48. The summed E-state index contributed by atoms with van der Waals surface area (Å²) in [6.07, 6.45) is 0.922. The first-order valence-corrected chi connectivity index (χ1v) is 10.2. The summed E-state index contributed by atoms with van der Waals surface area (Å²) >= 11 is 18.3. The van der Waals surface area contributed by atoms with Crippen molar-refractivity contribution >= 4 is 46.6 Å². The predicted molar refractivity (Wildman–Crippen MR) is 115 cm³/mol. The van der Waals surface area contributed by atoms with Crippen LogP contribution in [0.5, 0.6) is 0 Å². The minimum atomic E-state index is -0.643. The van der Waals surface area contributed by atoms with E-state index in [1.54, 1.807) is 37.3 Å². The molecule has 0 radical (unpaired) electrons. The number of rotatable bonds is 8. The molecule has 28 heavy (non-hydrogen) atoms. The molecule has 2 rings (SSSR count). The molecule has 2 amide bonds. The van der Waals surface area contributed by atoms with Crippen molar-refractivity contribution in [1.82, 2.24) is 10.2 Å². The van der Waals surface area contributed by atoms with Crippen LogP contribution in [0.2, 0.25) is 15.1 Å². The molecule has 2 aromatic rings. The summed E-state index contributed by atoms with van der Waals surface area (Å²) in [6.45, 7) is 4.48. The smallest absolute Gasteiger partial charge is 0.242 e. The number of hydrogen-bond acceptors (Lipinski definition) is 2. The molecule has 0 heterocycles. The summed E-state index contributed by atoms with van der Waals surface area (Å²) in [5, 5.41) is 4.21. The van der Waals surface area contributed by atoms with Crippen molar-refractivity contribution in [3.05, 3.63) is 68.7 Å². The molecule has 1 unspecified atom stereocenters. The Morgan fingerprint density at radius 2 is 1.75 bits per heavy atom. The maximum atomic E-state index is 13.1. The number of hydrogen-bond donors (Lipinski definition) is 1. The topological polar surface area (TPSA) is 49.4 Å². The number of nitrogens with one attached hydrogen (secondary N) is 1. The fraction of sp³-hybridized carbons (Fsp3) is 0.333.